The molecule has 1 saturated carbocycles. The lowest BCUT2D eigenvalue weighted by molar-refractivity contribution is 0.0508. The Kier molecular flexibility index (Phi) is 5.27. The van der Waals surface area contributed by atoms with Gasteiger partial charge in [0.25, 0.3) is 0 Å². The zero-order valence-electron chi connectivity index (χ0n) is 13.9. The predicted octanol–water partition coefficient (Wildman–Crippen LogP) is 4.73. The molecule has 0 aromatic heterocycles. The molecule has 0 radical (unpaired) electrons. The number of alkyl carbamates (subject to hydrolysis) is 1. The van der Waals surface area contributed by atoms with E-state index in [2.05, 4.69) is 5.32 Å². The minimum atomic E-state index is -2.41. The third kappa shape index (κ3) is 5.48. The van der Waals surface area contributed by atoms with Gasteiger partial charge in [-0.2, -0.15) is 0 Å². The molecule has 1 amide bonds. The summed E-state index contributed by atoms with van der Waals surface area (Å²) >= 11 is 0. The SMILES string of the molecule is CC(C)(C)OC(=O)NCC1(CC(c2ccccc2)C(F)F)CC1. The molecule has 1 aromatic rings. The van der Waals surface area contributed by atoms with Gasteiger partial charge in [0, 0.05) is 12.5 Å². The van der Waals surface area contributed by atoms with Crippen LogP contribution in [0.15, 0.2) is 30.3 Å². The minimum Gasteiger partial charge on any atom is -0.444 e. The summed E-state index contributed by atoms with van der Waals surface area (Å²) in [6.07, 6.45) is -0.796. The third-order valence-electron chi connectivity index (χ3n) is 4.15. The quantitative estimate of drug-likeness (QED) is 0.821. The Balaban J connectivity index is 1.93. The highest BCUT2D eigenvalue weighted by molar-refractivity contribution is 5.67. The van der Waals surface area contributed by atoms with Gasteiger partial charge >= 0.3 is 6.09 Å². The van der Waals surface area contributed by atoms with Crippen LogP contribution in [0.5, 0.6) is 0 Å². The van der Waals surface area contributed by atoms with Crippen LogP contribution in [0.1, 0.15) is 51.5 Å². The smallest absolute Gasteiger partial charge is 0.407 e. The van der Waals surface area contributed by atoms with Crippen LogP contribution >= 0.6 is 0 Å². The number of hydrogen-bond acceptors (Lipinski definition) is 2. The zero-order chi connectivity index (χ0) is 17.1. The summed E-state index contributed by atoms with van der Waals surface area (Å²) in [5.74, 6) is -0.792. The van der Waals surface area contributed by atoms with E-state index in [0.717, 1.165) is 12.8 Å². The van der Waals surface area contributed by atoms with Crippen LogP contribution in [0.2, 0.25) is 0 Å². The molecule has 0 bridgehead atoms. The van der Waals surface area contributed by atoms with E-state index < -0.39 is 24.0 Å². The lowest BCUT2D eigenvalue weighted by Crippen LogP contribution is -2.36. The molecule has 3 nitrogen and oxygen atoms in total. The highest BCUT2D eigenvalue weighted by atomic mass is 19.3. The molecule has 23 heavy (non-hydrogen) atoms. The molecular formula is C18H25F2NO2. The van der Waals surface area contributed by atoms with Gasteiger partial charge in [0.1, 0.15) is 5.60 Å². The summed E-state index contributed by atoms with van der Waals surface area (Å²) in [4.78, 5) is 11.7. The van der Waals surface area contributed by atoms with Gasteiger partial charge in [-0.15, -0.1) is 0 Å². The Morgan fingerprint density at radius 3 is 2.35 bits per heavy atom. The highest BCUT2D eigenvalue weighted by Crippen LogP contribution is 2.52. The van der Waals surface area contributed by atoms with Gasteiger partial charge in [0.2, 0.25) is 6.43 Å². The molecule has 1 aromatic carbocycles. The standard InChI is InChI=1S/C18H25F2NO2/c1-17(2,3)23-16(22)21-12-18(9-10-18)11-14(15(19)20)13-7-5-4-6-8-13/h4-8,14-15H,9-12H2,1-3H3,(H,21,22). The molecule has 1 fully saturated rings. The average molecular weight is 325 g/mol. The van der Waals surface area contributed by atoms with Crippen molar-refractivity contribution in [3.05, 3.63) is 35.9 Å². The maximum atomic E-state index is 13.5. The Morgan fingerprint density at radius 1 is 1.26 bits per heavy atom. The summed E-state index contributed by atoms with van der Waals surface area (Å²) in [5.41, 5.74) is -0.129. The number of carbonyl (C=O) groups excluding carboxylic acids is 1. The molecule has 2 rings (SSSR count). The van der Waals surface area contributed by atoms with Crippen LogP contribution in [0.4, 0.5) is 13.6 Å². The van der Waals surface area contributed by atoms with Crippen molar-refractivity contribution in [1.82, 2.24) is 5.32 Å². The van der Waals surface area contributed by atoms with Gasteiger partial charge in [0.05, 0.1) is 0 Å². The number of hydrogen-bond donors (Lipinski definition) is 1. The van der Waals surface area contributed by atoms with Gasteiger partial charge in [-0.25, -0.2) is 13.6 Å². The summed E-state index contributed by atoms with van der Waals surface area (Å²) in [6, 6.07) is 8.87. The first-order valence-electron chi connectivity index (χ1n) is 8.01. The van der Waals surface area contributed by atoms with Gasteiger partial charge in [-0.1, -0.05) is 30.3 Å². The Morgan fingerprint density at radius 2 is 1.87 bits per heavy atom. The minimum absolute atomic E-state index is 0.228. The third-order valence-corrected chi connectivity index (χ3v) is 4.15. The van der Waals surface area contributed by atoms with E-state index in [1.54, 1.807) is 45.0 Å². The van der Waals surface area contributed by atoms with Gasteiger partial charge in [-0.3, -0.25) is 0 Å². The van der Waals surface area contributed by atoms with Crippen molar-refractivity contribution in [2.75, 3.05) is 6.54 Å². The molecule has 0 spiro atoms. The molecule has 5 heteroatoms. The fourth-order valence-electron chi connectivity index (χ4n) is 2.72. The second-order valence-corrected chi connectivity index (χ2v) is 7.41. The molecule has 1 aliphatic rings. The molecule has 1 unspecified atom stereocenters. The largest absolute Gasteiger partial charge is 0.444 e. The molecule has 1 aliphatic carbocycles. The van der Waals surface area contributed by atoms with Gasteiger partial charge in [0.15, 0.2) is 0 Å². The number of nitrogens with one attached hydrogen (secondary N) is 1. The first-order chi connectivity index (χ1) is 10.7. The van der Waals surface area contributed by atoms with E-state index >= 15 is 0 Å². The second-order valence-electron chi connectivity index (χ2n) is 7.41. The summed E-state index contributed by atoms with van der Waals surface area (Å²) in [7, 11) is 0. The number of carbonyl (C=O) groups is 1. The topological polar surface area (TPSA) is 38.3 Å². The molecule has 0 saturated heterocycles. The lowest BCUT2D eigenvalue weighted by atomic mass is 9.87. The van der Waals surface area contributed by atoms with E-state index in [4.69, 9.17) is 4.74 Å². The van der Waals surface area contributed by atoms with Crippen LogP contribution in [-0.4, -0.2) is 24.7 Å². The summed E-state index contributed by atoms with van der Waals surface area (Å²) < 4.78 is 32.1. The Labute approximate surface area is 136 Å². The molecule has 128 valence electrons. The number of halogens is 2. The summed E-state index contributed by atoms with van der Waals surface area (Å²) in [5, 5.41) is 2.73. The zero-order valence-corrected chi connectivity index (χ0v) is 13.9. The summed E-state index contributed by atoms with van der Waals surface area (Å²) in [6.45, 7) is 5.77. The highest BCUT2D eigenvalue weighted by Gasteiger charge is 2.46. The van der Waals surface area contributed by atoms with Gasteiger partial charge < -0.3 is 10.1 Å². The number of amides is 1. The number of rotatable bonds is 6. The predicted molar refractivity (Wildman–Crippen MR) is 85.7 cm³/mol. The van der Waals surface area contributed by atoms with E-state index in [0.29, 0.717) is 18.5 Å². The van der Waals surface area contributed by atoms with Crippen LogP contribution in [0.25, 0.3) is 0 Å². The fourth-order valence-corrected chi connectivity index (χ4v) is 2.72. The molecular weight excluding hydrogens is 300 g/mol. The van der Waals surface area contributed by atoms with Crippen molar-refractivity contribution >= 4 is 6.09 Å². The van der Waals surface area contributed by atoms with Crippen molar-refractivity contribution in [1.29, 1.82) is 0 Å². The van der Waals surface area contributed by atoms with Crippen LogP contribution < -0.4 is 5.32 Å². The Hall–Kier alpha value is -1.65. The molecule has 0 heterocycles. The first kappa shape index (κ1) is 17.7. The van der Waals surface area contributed by atoms with Crippen molar-refractivity contribution in [3.63, 3.8) is 0 Å². The van der Waals surface area contributed by atoms with Crippen molar-refractivity contribution < 1.29 is 18.3 Å². The monoisotopic (exact) mass is 325 g/mol. The van der Waals surface area contributed by atoms with Crippen LogP contribution in [0.3, 0.4) is 0 Å². The van der Waals surface area contributed by atoms with E-state index in [-0.39, 0.29) is 5.41 Å². The number of benzene rings is 1. The van der Waals surface area contributed by atoms with E-state index in [1.807, 2.05) is 6.07 Å². The van der Waals surface area contributed by atoms with E-state index in [1.165, 1.54) is 0 Å². The Bertz CT molecular complexity index is 522. The number of ether oxygens (including phenoxy) is 1. The first-order valence-corrected chi connectivity index (χ1v) is 8.01. The normalized spacial score (nSPS) is 17.7. The van der Waals surface area contributed by atoms with Crippen LogP contribution in [-0.2, 0) is 4.74 Å². The van der Waals surface area contributed by atoms with Crippen LogP contribution in [0, 0.1) is 5.41 Å². The van der Waals surface area contributed by atoms with Gasteiger partial charge in [-0.05, 0) is 51.0 Å². The van der Waals surface area contributed by atoms with E-state index in [9.17, 15) is 13.6 Å². The van der Waals surface area contributed by atoms with Crippen molar-refractivity contribution in [2.24, 2.45) is 5.41 Å². The lowest BCUT2D eigenvalue weighted by Gasteiger charge is -2.25. The molecule has 1 N–H and O–H groups in total. The van der Waals surface area contributed by atoms with Crippen molar-refractivity contribution in [2.45, 2.75) is 58.0 Å². The molecule has 0 aliphatic heterocycles. The van der Waals surface area contributed by atoms with Crippen molar-refractivity contribution in [3.8, 4) is 0 Å². The molecule has 1 atom stereocenters. The average Bonchev–Trinajstić information content (AvgIpc) is 3.22. The maximum Gasteiger partial charge on any atom is 0.407 e. The maximum absolute atomic E-state index is 13.5. The second kappa shape index (κ2) is 6.85. The fraction of sp³-hybridized carbons (Fsp3) is 0.611. The number of alkyl halides is 2.